The van der Waals surface area contributed by atoms with Crippen LogP contribution in [0, 0.1) is 23.7 Å². The molecule has 3 fully saturated rings. The molecular formula is C19H28O4. The number of ether oxygens (including phenoxy) is 2. The van der Waals surface area contributed by atoms with E-state index < -0.39 is 0 Å². The second-order valence-corrected chi connectivity index (χ2v) is 7.76. The van der Waals surface area contributed by atoms with Crippen molar-refractivity contribution in [1.82, 2.24) is 0 Å². The molecule has 0 radical (unpaired) electrons. The molecule has 0 aromatic rings. The lowest BCUT2D eigenvalue weighted by molar-refractivity contribution is -0.147. The molecule has 2 saturated carbocycles. The minimum absolute atomic E-state index is 0.0368. The summed E-state index contributed by atoms with van der Waals surface area (Å²) in [6.07, 6.45) is 8.99. The number of carbonyl (C=O) groups is 2. The molecule has 4 nitrogen and oxygen atoms in total. The van der Waals surface area contributed by atoms with Crippen molar-refractivity contribution >= 4 is 11.9 Å². The van der Waals surface area contributed by atoms with Crippen molar-refractivity contribution < 1.29 is 19.1 Å². The molecule has 1 aliphatic heterocycles. The van der Waals surface area contributed by atoms with Crippen molar-refractivity contribution in [3.63, 3.8) is 0 Å². The van der Waals surface area contributed by atoms with Gasteiger partial charge < -0.3 is 9.47 Å². The average Bonchev–Trinajstić information content (AvgIpc) is 3.19. The third kappa shape index (κ3) is 3.96. The molecule has 2 aliphatic carbocycles. The second kappa shape index (κ2) is 7.06. The van der Waals surface area contributed by atoms with Gasteiger partial charge in [0.15, 0.2) is 0 Å². The van der Waals surface area contributed by atoms with Crippen molar-refractivity contribution in [2.75, 3.05) is 6.61 Å². The quantitative estimate of drug-likeness (QED) is 0.408. The monoisotopic (exact) mass is 320 g/mol. The van der Waals surface area contributed by atoms with Gasteiger partial charge >= 0.3 is 11.9 Å². The van der Waals surface area contributed by atoms with Gasteiger partial charge in [0, 0.05) is 11.5 Å². The maximum atomic E-state index is 11.8. The largest absolute Gasteiger partial charge is 0.465 e. The minimum atomic E-state index is -0.229. The highest BCUT2D eigenvalue weighted by molar-refractivity contribution is 5.87. The standard InChI is InChI=1S/C19H28O4/c1-12(2)19(21)23-17-9-14-7-15(16(17)8-14)6-4-3-5-13-10-18(20)22-11-13/h13-17H,1,3-11H2,2H3. The van der Waals surface area contributed by atoms with E-state index in [-0.39, 0.29) is 18.0 Å². The molecule has 2 bridgehead atoms. The van der Waals surface area contributed by atoms with E-state index in [0.717, 1.165) is 18.8 Å². The Morgan fingerprint density at radius 2 is 2.04 bits per heavy atom. The molecule has 5 unspecified atom stereocenters. The predicted molar refractivity (Wildman–Crippen MR) is 86.5 cm³/mol. The number of fused-ring (bicyclic) bond motifs is 2. The van der Waals surface area contributed by atoms with E-state index in [1.807, 2.05) is 0 Å². The molecular weight excluding hydrogens is 292 g/mol. The summed E-state index contributed by atoms with van der Waals surface area (Å²) in [4.78, 5) is 22.8. The fourth-order valence-electron chi connectivity index (χ4n) is 4.72. The summed E-state index contributed by atoms with van der Waals surface area (Å²) in [6, 6.07) is 0. The Labute approximate surface area is 138 Å². The van der Waals surface area contributed by atoms with Crippen molar-refractivity contribution in [3.05, 3.63) is 12.2 Å². The maximum absolute atomic E-state index is 11.8. The summed E-state index contributed by atoms with van der Waals surface area (Å²) in [5, 5.41) is 0. The number of unbranched alkanes of at least 4 members (excludes halogenated alkanes) is 1. The Kier molecular flexibility index (Phi) is 5.08. The number of carbonyl (C=O) groups excluding carboxylic acids is 2. The first kappa shape index (κ1) is 16.5. The summed E-state index contributed by atoms with van der Waals surface area (Å²) in [6.45, 7) is 6.00. The molecule has 4 heteroatoms. The number of hydrogen-bond acceptors (Lipinski definition) is 4. The molecule has 0 amide bonds. The van der Waals surface area contributed by atoms with E-state index >= 15 is 0 Å². The van der Waals surface area contributed by atoms with Crippen LogP contribution >= 0.6 is 0 Å². The summed E-state index contributed by atoms with van der Waals surface area (Å²) in [7, 11) is 0. The van der Waals surface area contributed by atoms with Crippen LogP contribution in [0.1, 0.15) is 58.3 Å². The van der Waals surface area contributed by atoms with Crippen LogP contribution in [-0.2, 0) is 19.1 Å². The Hall–Kier alpha value is -1.32. The maximum Gasteiger partial charge on any atom is 0.333 e. The summed E-state index contributed by atoms with van der Waals surface area (Å²) in [5.74, 6) is 2.18. The fourth-order valence-corrected chi connectivity index (χ4v) is 4.72. The first-order valence-electron chi connectivity index (χ1n) is 9.05. The molecule has 3 aliphatic rings. The van der Waals surface area contributed by atoms with E-state index in [4.69, 9.17) is 9.47 Å². The Morgan fingerprint density at radius 3 is 2.70 bits per heavy atom. The number of esters is 2. The van der Waals surface area contributed by atoms with Crippen LogP contribution < -0.4 is 0 Å². The van der Waals surface area contributed by atoms with Gasteiger partial charge in [-0.05, 0) is 50.4 Å². The van der Waals surface area contributed by atoms with Crippen LogP contribution in [0.15, 0.2) is 12.2 Å². The fraction of sp³-hybridized carbons (Fsp3) is 0.789. The lowest BCUT2D eigenvalue weighted by atomic mass is 9.83. The van der Waals surface area contributed by atoms with Gasteiger partial charge in [-0.2, -0.15) is 0 Å². The van der Waals surface area contributed by atoms with Gasteiger partial charge in [-0.1, -0.05) is 25.8 Å². The van der Waals surface area contributed by atoms with Crippen molar-refractivity contribution in [1.29, 1.82) is 0 Å². The highest BCUT2D eigenvalue weighted by Gasteiger charge is 2.47. The minimum Gasteiger partial charge on any atom is -0.465 e. The van der Waals surface area contributed by atoms with Gasteiger partial charge in [-0.15, -0.1) is 0 Å². The molecule has 23 heavy (non-hydrogen) atoms. The number of cyclic esters (lactones) is 1. The molecule has 0 spiro atoms. The lowest BCUT2D eigenvalue weighted by Crippen LogP contribution is -2.29. The van der Waals surface area contributed by atoms with Gasteiger partial charge in [-0.3, -0.25) is 4.79 Å². The number of hydrogen-bond donors (Lipinski definition) is 0. The first-order valence-corrected chi connectivity index (χ1v) is 9.05. The highest BCUT2D eigenvalue weighted by Crippen LogP contribution is 2.51. The Morgan fingerprint density at radius 1 is 1.26 bits per heavy atom. The molecule has 0 aromatic carbocycles. The lowest BCUT2D eigenvalue weighted by Gasteiger charge is -2.29. The molecule has 0 N–H and O–H groups in total. The van der Waals surface area contributed by atoms with Crippen molar-refractivity contribution in [3.8, 4) is 0 Å². The van der Waals surface area contributed by atoms with Crippen LogP contribution in [-0.4, -0.2) is 24.6 Å². The first-order chi connectivity index (χ1) is 11.0. The van der Waals surface area contributed by atoms with Crippen molar-refractivity contribution in [2.45, 2.75) is 64.4 Å². The normalized spacial score (nSPS) is 35.3. The van der Waals surface area contributed by atoms with E-state index in [0.29, 0.717) is 36.4 Å². The van der Waals surface area contributed by atoms with Crippen LogP contribution in [0.25, 0.3) is 0 Å². The average molecular weight is 320 g/mol. The van der Waals surface area contributed by atoms with Gasteiger partial charge in [0.25, 0.3) is 0 Å². The van der Waals surface area contributed by atoms with Gasteiger partial charge in [0.1, 0.15) is 6.10 Å². The van der Waals surface area contributed by atoms with Gasteiger partial charge in [-0.25, -0.2) is 4.79 Å². The topological polar surface area (TPSA) is 52.6 Å². The van der Waals surface area contributed by atoms with E-state index in [1.54, 1.807) is 6.92 Å². The zero-order valence-corrected chi connectivity index (χ0v) is 14.1. The molecule has 3 rings (SSSR count). The Balaban J connectivity index is 1.38. The zero-order chi connectivity index (χ0) is 16.4. The van der Waals surface area contributed by atoms with Crippen LogP contribution in [0.2, 0.25) is 0 Å². The van der Waals surface area contributed by atoms with Crippen LogP contribution in [0.5, 0.6) is 0 Å². The molecule has 5 atom stereocenters. The summed E-state index contributed by atoms with van der Waals surface area (Å²) < 4.78 is 10.7. The summed E-state index contributed by atoms with van der Waals surface area (Å²) in [5.41, 5.74) is 0.498. The molecule has 1 heterocycles. The van der Waals surface area contributed by atoms with E-state index in [1.165, 1.54) is 32.1 Å². The van der Waals surface area contributed by atoms with Crippen LogP contribution in [0.3, 0.4) is 0 Å². The van der Waals surface area contributed by atoms with Gasteiger partial charge in [0.05, 0.1) is 13.0 Å². The number of rotatable bonds is 7. The second-order valence-electron chi connectivity index (χ2n) is 7.76. The molecule has 1 saturated heterocycles. The smallest absolute Gasteiger partial charge is 0.333 e. The van der Waals surface area contributed by atoms with E-state index in [9.17, 15) is 9.59 Å². The predicted octanol–water partition coefficient (Wildman–Crippen LogP) is 3.64. The highest BCUT2D eigenvalue weighted by atomic mass is 16.5. The third-order valence-corrected chi connectivity index (χ3v) is 5.87. The zero-order valence-electron chi connectivity index (χ0n) is 14.1. The molecule has 0 aromatic heterocycles. The van der Waals surface area contributed by atoms with Gasteiger partial charge in [0.2, 0.25) is 0 Å². The van der Waals surface area contributed by atoms with E-state index in [2.05, 4.69) is 6.58 Å². The molecule has 128 valence electrons. The van der Waals surface area contributed by atoms with Crippen molar-refractivity contribution in [2.24, 2.45) is 23.7 Å². The van der Waals surface area contributed by atoms with Crippen LogP contribution in [0.4, 0.5) is 0 Å². The summed E-state index contributed by atoms with van der Waals surface area (Å²) >= 11 is 0. The SMILES string of the molecule is C=C(C)C(=O)OC1CC2CC(CCCCC3COC(=O)C3)C1C2. The Bertz CT molecular complexity index is 484. The third-order valence-electron chi connectivity index (χ3n) is 5.87.